The minimum atomic E-state index is -0.631. The molecule has 0 atom stereocenters. The maximum absolute atomic E-state index is 11.9. The summed E-state index contributed by atoms with van der Waals surface area (Å²) in [6.45, 7) is 0. The molecule has 110 valence electrons. The average Bonchev–Trinajstić information content (AvgIpc) is 3.00. The molecule has 10 heteroatoms. The highest BCUT2D eigenvalue weighted by atomic mass is 16.6. The Labute approximate surface area is 122 Å². The lowest BCUT2D eigenvalue weighted by Crippen LogP contribution is -2.29. The Morgan fingerprint density at radius 3 is 2.68 bits per heavy atom. The molecule has 0 spiro atoms. The number of aromatic nitrogens is 3. The van der Waals surface area contributed by atoms with Gasteiger partial charge in [0.1, 0.15) is 11.2 Å². The van der Waals surface area contributed by atoms with E-state index in [1.54, 1.807) is 0 Å². The molecule has 1 aromatic carbocycles. The van der Waals surface area contributed by atoms with E-state index in [-0.39, 0.29) is 22.4 Å². The standard InChI is InChI=1S/C12H8N6O4/c19-12(7-3-5-13-6-4-7)15-14-9-2-1-8-10(17-22-16-8)11(9)18(20)21/h1-6,14H,(H,15,19). The van der Waals surface area contributed by atoms with Gasteiger partial charge in [-0.15, -0.1) is 0 Å². The number of nitrogens with zero attached hydrogens (tertiary/aromatic N) is 4. The lowest BCUT2D eigenvalue weighted by Gasteiger charge is -2.08. The van der Waals surface area contributed by atoms with Crippen LogP contribution in [0.3, 0.4) is 0 Å². The van der Waals surface area contributed by atoms with Crippen molar-refractivity contribution in [2.75, 3.05) is 5.43 Å². The molecule has 3 rings (SSSR count). The average molecular weight is 300 g/mol. The molecular formula is C12H8N6O4. The van der Waals surface area contributed by atoms with Gasteiger partial charge in [-0.1, -0.05) is 0 Å². The zero-order valence-electron chi connectivity index (χ0n) is 10.9. The molecule has 0 saturated carbocycles. The monoisotopic (exact) mass is 300 g/mol. The van der Waals surface area contributed by atoms with Crippen LogP contribution in [0, 0.1) is 10.1 Å². The van der Waals surface area contributed by atoms with Crippen molar-refractivity contribution in [3.8, 4) is 0 Å². The first-order chi connectivity index (χ1) is 10.7. The number of amides is 1. The number of benzene rings is 1. The third kappa shape index (κ3) is 2.40. The van der Waals surface area contributed by atoms with E-state index in [1.165, 1.54) is 36.7 Å². The SMILES string of the molecule is O=C(NNc1ccc2nonc2c1[N+](=O)[O-])c1ccncc1. The second-order valence-corrected chi connectivity index (χ2v) is 4.17. The topological polar surface area (TPSA) is 136 Å². The van der Waals surface area contributed by atoms with Crippen LogP contribution < -0.4 is 10.9 Å². The van der Waals surface area contributed by atoms with Crippen LogP contribution >= 0.6 is 0 Å². The van der Waals surface area contributed by atoms with E-state index in [1.807, 2.05) is 0 Å². The molecule has 22 heavy (non-hydrogen) atoms. The Morgan fingerprint density at radius 2 is 1.95 bits per heavy atom. The lowest BCUT2D eigenvalue weighted by molar-refractivity contribution is -0.382. The first-order valence-corrected chi connectivity index (χ1v) is 6.03. The van der Waals surface area contributed by atoms with E-state index in [0.29, 0.717) is 5.56 Å². The van der Waals surface area contributed by atoms with Crippen LogP contribution in [-0.2, 0) is 0 Å². The van der Waals surface area contributed by atoms with E-state index in [9.17, 15) is 14.9 Å². The van der Waals surface area contributed by atoms with Crippen molar-refractivity contribution in [1.29, 1.82) is 0 Å². The number of pyridine rings is 1. The van der Waals surface area contributed by atoms with Crippen molar-refractivity contribution in [3.05, 3.63) is 52.3 Å². The van der Waals surface area contributed by atoms with Gasteiger partial charge in [0.25, 0.3) is 5.91 Å². The van der Waals surface area contributed by atoms with Crippen molar-refractivity contribution in [2.24, 2.45) is 0 Å². The van der Waals surface area contributed by atoms with Gasteiger partial charge in [0, 0.05) is 18.0 Å². The van der Waals surface area contributed by atoms with Gasteiger partial charge in [-0.05, 0) is 34.6 Å². The highest BCUT2D eigenvalue weighted by molar-refractivity contribution is 5.96. The molecule has 0 aliphatic carbocycles. The third-order valence-electron chi connectivity index (χ3n) is 2.84. The molecular weight excluding hydrogens is 292 g/mol. The summed E-state index contributed by atoms with van der Waals surface area (Å²) in [7, 11) is 0. The van der Waals surface area contributed by atoms with E-state index >= 15 is 0 Å². The predicted molar refractivity (Wildman–Crippen MR) is 73.8 cm³/mol. The van der Waals surface area contributed by atoms with Gasteiger partial charge in [0.05, 0.1) is 4.92 Å². The number of hydrogen-bond acceptors (Lipinski definition) is 8. The zero-order chi connectivity index (χ0) is 15.5. The Hall–Kier alpha value is -3.56. The van der Waals surface area contributed by atoms with E-state index in [0.717, 1.165) is 0 Å². The molecule has 1 amide bonds. The van der Waals surface area contributed by atoms with Crippen LogP contribution in [0.5, 0.6) is 0 Å². The number of hydrogen-bond donors (Lipinski definition) is 2. The van der Waals surface area contributed by atoms with Gasteiger partial charge in [-0.2, -0.15) is 0 Å². The minimum Gasteiger partial charge on any atom is -0.292 e. The summed E-state index contributed by atoms with van der Waals surface area (Å²) in [4.78, 5) is 26.2. The summed E-state index contributed by atoms with van der Waals surface area (Å²) in [5, 5.41) is 18.2. The van der Waals surface area contributed by atoms with Gasteiger partial charge in [-0.3, -0.25) is 30.7 Å². The van der Waals surface area contributed by atoms with Crippen LogP contribution in [0.15, 0.2) is 41.3 Å². The minimum absolute atomic E-state index is 0.00633. The first-order valence-electron chi connectivity index (χ1n) is 6.03. The summed E-state index contributed by atoms with van der Waals surface area (Å²) < 4.78 is 4.48. The fourth-order valence-electron chi connectivity index (χ4n) is 1.82. The Morgan fingerprint density at radius 1 is 1.18 bits per heavy atom. The fraction of sp³-hybridized carbons (Fsp3) is 0. The number of anilines is 1. The Kier molecular flexibility index (Phi) is 3.32. The van der Waals surface area contributed by atoms with Crippen LogP contribution in [-0.4, -0.2) is 26.1 Å². The second-order valence-electron chi connectivity index (χ2n) is 4.17. The number of rotatable bonds is 4. The molecule has 0 aliphatic heterocycles. The van der Waals surface area contributed by atoms with Gasteiger partial charge in [-0.25, -0.2) is 4.63 Å². The second kappa shape index (κ2) is 5.44. The van der Waals surface area contributed by atoms with Crippen molar-refractivity contribution < 1.29 is 14.3 Å². The number of nitro groups is 1. The number of hydrazine groups is 1. The molecule has 0 fully saturated rings. The van der Waals surface area contributed by atoms with Gasteiger partial charge in [0.2, 0.25) is 5.52 Å². The predicted octanol–water partition coefficient (Wildman–Crippen LogP) is 1.28. The van der Waals surface area contributed by atoms with Crippen LogP contribution in [0.2, 0.25) is 0 Å². The first kappa shape index (κ1) is 13.4. The highest BCUT2D eigenvalue weighted by Crippen LogP contribution is 2.30. The Bertz CT molecular complexity index is 847. The van der Waals surface area contributed by atoms with Gasteiger partial charge >= 0.3 is 5.69 Å². The summed E-state index contributed by atoms with van der Waals surface area (Å²) in [6.07, 6.45) is 2.93. The number of fused-ring (bicyclic) bond motifs is 1. The number of carbonyl (C=O) groups excluding carboxylic acids is 1. The molecule has 0 radical (unpaired) electrons. The van der Waals surface area contributed by atoms with E-state index < -0.39 is 10.8 Å². The van der Waals surface area contributed by atoms with Crippen LogP contribution in [0.25, 0.3) is 11.0 Å². The fourth-order valence-corrected chi connectivity index (χ4v) is 1.82. The van der Waals surface area contributed by atoms with Gasteiger partial charge < -0.3 is 0 Å². The highest BCUT2D eigenvalue weighted by Gasteiger charge is 2.22. The maximum Gasteiger partial charge on any atom is 0.325 e. The molecule has 0 aliphatic rings. The number of nitrogens with one attached hydrogen (secondary N) is 2. The maximum atomic E-state index is 11.9. The molecule has 2 aromatic heterocycles. The normalized spacial score (nSPS) is 10.4. The van der Waals surface area contributed by atoms with E-state index in [2.05, 4.69) is 30.8 Å². The molecule has 0 saturated heterocycles. The summed E-state index contributed by atoms with van der Waals surface area (Å²) in [6, 6.07) is 5.91. The zero-order valence-corrected chi connectivity index (χ0v) is 10.9. The van der Waals surface area contributed by atoms with Crippen molar-refractivity contribution >= 4 is 28.3 Å². The van der Waals surface area contributed by atoms with Crippen LogP contribution in [0.1, 0.15) is 10.4 Å². The number of nitro benzene ring substituents is 1. The third-order valence-corrected chi connectivity index (χ3v) is 2.84. The van der Waals surface area contributed by atoms with Crippen molar-refractivity contribution in [1.82, 2.24) is 20.7 Å². The smallest absolute Gasteiger partial charge is 0.292 e. The molecule has 3 aromatic rings. The Balaban J connectivity index is 1.86. The van der Waals surface area contributed by atoms with Crippen molar-refractivity contribution in [2.45, 2.75) is 0 Å². The summed E-state index contributed by atoms with van der Waals surface area (Å²) >= 11 is 0. The molecule has 0 unspecified atom stereocenters. The van der Waals surface area contributed by atoms with Gasteiger partial charge in [0.15, 0.2) is 0 Å². The molecule has 10 nitrogen and oxygen atoms in total. The molecule has 2 heterocycles. The van der Waals surface area contributed by atoms with Crippen molar-refractivity contribution in [3.63, 3.8) is 0 Å². The largest absolute Gasteiger partial charge is 0.325 e. The van der Waals surface area contributed by atoms with Crippen LogP contribution in [0.4, 0.5) is 11.4 Å². The molecule has 2 N–H and O–H groups in total. The molecule has 0 bridgehead atoms. The summed E-state index contributed by atoms with van der Waals surface area (Å²) in [5.41, 5.74) is 5.19. The number of carbonyl (C=O) groups is 1. The summed E-state index contributed by atoms with van der Waals surface area (Å²) in [5.74, 6) is -0.463. The lowest BCUT2D eigenvalue weighted by atomic mass is 10.2. The van der Waals surface area contributed by atoms with E-state index in [4.69, 9.17) is 0 Å². The quantitative estimate of drug-likeness (QED) is 0.543.